The van der Waals surface area contributed by atoms with Gasteiger partial charge in [-0.25, -0.2) is 0 Å². The van der Waals surface area contributed by atoms with Gasteiger partial charge in [-0.3, -0.25) is 0 Å². The van der Waals surface area contributed by atoms with Gasteiger partial charge in [0.25, 0.3) is 0 Å². The van der Waals surface area contributed by atoms with Crippen molar-refractivity contribution in [3.8, 4) is 0 Å². The summed E-state index contributed by atoms with van der Waals surface area (Å²) in [5.74, 6) is 0. The molecule has 0 saturated heterocycles. The first-order valence-corrected chi connectivity index (χ1v) is 1.93. The van der Waals surface area contributed by atoms with Crippen molar-refractivity contribution in [1.82, 2.24) is 0 Å². The first-order chi connectivity index (χ1) is 3.81. The number of hydrogen-bond acceptors (Lipinski definition) is 4. The molecule has 0 atom stereocenters. The number of aliphatic hydroxyl groups is 1. The monoisotopic (exact) mass is 137 g/mol. The number of rotatable bonds is 4. The first-order valence-electron chi connectivity index (χ1n) is 1.93. The molecular formula is C2H4B2NaO4. The molecule has 1 radical (unpaired) electrons. The van der Waals surface area contributed by atoms with E-state index in [-0.39, 0.29) is 36.7 Å². The second-order valence-electron chi connectivity index (χ2n) is 0.871. The van der Waals surface area contributed by atoms with E-state index in [1.165, 1.54) is 14.3 Å². The molecule has 0 unspecified atom stereocenters. The van der Waals surface area contributed by atoms with Crippen LogP contribution in [0.5, 0.6) is 0 Å². The van der Waals surface area contributed by atoms with Crippen LogP contribution >= 0.6 is 0 Å². The topological polar surface area (TPSA) is 55.8 Å². The van der Waals surface area contributed by atoms with Crippen LogP contribution in [0, 0.1) is 6.19 Å². The Morgan fingerprint density at radius 1 is 1.67 bits per heavy atom. The van der Waals surface area contributed by atoms with E-state index in [0.29, 0.717) is 0 Å². The van der Waals surface area contributed by atoms with Crippen molar-refractivity contribution in [2.24, 2.45) is 0 Å². The van der Waals surface area contributed by atoms with Gasteiger partial charge in [0.1, 0.15) is 0 Å². The number of aliphatic hydroxyl groups excluding tert-OH is 1. The van der Waals surface area contributed by atoms with E-state index < -0.39 is 6.19 Å². The second kappa shape index (κ2) is 8.68. The van der Waals surface area contributed by atoms with Crippen molar-refractivity contribution >= 4 is 14.6 Å². The van der Waals surface area contributed by atoms with Crippen LogP contribution in [0.3, 0.4) is 0 Å². The van der Waals surface area contributed by atoms with Crippen LogP contribution in [0.4, 0.5) is 0 Å². The van der Waals surface area contributed by atoms with Crippen LogP contribution in [0.15, 0.2) is 0 Å². The van der Waals surface area contributed by atoms with Gasteiger partial charge in [0.15, 0.2) is 0 Å². The molecule has 0 amide bonds. The summed E-state index contributed by atoms with van der Waals surface area (Å²) < 4.78 is 9.50. The summed E-state index contributed by atoms with van der Waals surface area (Å²) in [6.45, 7) is 1.54. The van der Waals surface area contributed by atoms with Gasteiger partial charge in [-0.05, 0) is 0 Å². The Morgan fingerprint density at radius 3 is 2.56 bits per heavy atom. The molecule has 43 valence electrons. The Labute approximate surface area is 76.7 Å². The molecular weight excluding hydrogens is 133 g/mol. The third kappa shape index (κ3) is 8.68. The largest absolute Gasteiger partial charge is 1.00 e. The summed E-state index contributed by atoms with van der Waals surface area (Å²) in [5, 5.41) is 8.17. The molecule has 0 bridgehead atoms. The molecule has 7 heteroatoms. The van der Waals surface area contributed by atoms with E-state index in [2.05, 4.69) is 9.69 Å². The quantitative estimate of drug-likeness (QED) is 0.189. The minimum Gasteiger partial charge on any atom is 1.00 e. The van der Waals surface area contributed by atoms with Crippen LogP contribution < -0.4 is 29.6 Å². The Balaban J connectivity index is 0. The van der Waals surface area contributed by atoms with Gasteiger partial charge >= 0.3 is 76.7 Å². The van der Waals surface area contributed by atoms with Crippen LogP contribution in [-0.4, -0.2) is 19.7 Å². The Hall–Kier alpha value is 0.680. The minimum absolute atomic E-state index is 0. The zero-order valence-corrected chi connectivity index (χ0v) is 7.33. The molecule has 0 rings (SSSR count). The number of hydrogen-bond donors (Lipinski definition) is 1. The molecule has 1 N–H and O–H groups in total. The molecule has 0 aliphatic heterocycles. The molecule has 0 fully saturated rings. The average Bonchev–Trinajstić information content (AvgIpc) is 1.83. The van der Waals surface area contributed by atoms with E-state index in [4.69, 9.17) is 5.11 Å². The van der Waals surface area contributed by atoms with E-state index in [1.807, 2.05) is 0 Å². The molecule has 9 heavy (non-hydrogen) atoms. The Morgan fingerprint density at radius 2 is 2.22 bits per heavy atom. The summed E-state index contributed by atoms with van der Waals surface area (Å²) in [7, 11) is 1.31. The van der Waals surface area contributed by atoms with Crippen molar-refractivity contribution in [1.29, 1.82) is 0 Å². The predicted octanol–water partition coefficient (Wildman–Crippen LogP) is -3.52. The predicted molar refractivity (Wildman–Crippen MR) is 25.4 cm³/mol. The van der Waals surface area contributed by atoms with Crippen molar-refractivity contribution < 1.29 is 49.1 Å². The maximum atomic E-state index is 9.50. The van der Waals surface area contributed by atoms with Gasteiger partial charge in [-0.2, -0.15) is 0 Å². The third-order valence-corrected chi connectivity index (χ3v) is 0.331. The van der Waals surface area contributed by atoms with Crippen LogP contribution in [0.2, 0.25) is 6.82 Å². The SMILES string of the molecule is C[B]OO[C-](O)B=O.[Na+]. The molecule has 4 nitrogen and oxygen atoms in total. The Kier molecular flexibility index (Phi) is 11.9. The zero-order chi connectivity index (χ0) is 6.41. The summed E-state index contributed by atoms with van der Waals surface area (Å²) in [4.78, 5) is 7.93. The first kappa shape index (κ1) is 12.4. The van der Waals surface area contributed by atoms with Crippen molar-refractivity contribution in [2.45, 2.75) is 6.82 Å². The van der Waals surface area contributed by atoms with Crippen molar-refractivity contribution in [2.75, 3.05) is 0 Å². The smallest absolute Gasteiger partial charge is 1.00 e. The Bertz CT molecular complexity index is 71.6. The summed E-state index contributed by atoms with van der Waals surface area (Å²) in [6.07, 6.45) is -0.789. The van der Waals surface area contributed by atoms with Gasteiger partial charge in [0.2, 0.25) is 0 Å². The van der Waals surface area contributed by atoms with Gasteiger partial charge in [0.05, 0.1) is 0 Å². The standard InChI is InChI=1S/C2H4B2O4.Na/c1-3-8-7-2(5)4-6;/h5H,1H3;/q-1;+1. The van der Waals surface area contributed by atoms with Gasteiger partial charge in [-0.15, -0.1) is 0 Å². The molecule has 0 aliphatic rings. The van der Waals surface area contributed by atoms with Gasteiger partial charge in [0, 0.05) is 0 Å². The summed E-state index contributed by atoms with van der Waals surface area (Å²) >= 11 is 0. The maximum Gasteiger partial charge on any atom is 1.00 e. The third-order valence-electron chi connectivity index (χ3n) is 0.331. The van der Waals surface area contributed by atoms with E-state index in [1.54, 1.807) is 0 Å². The van der Waals surface area contributed by atoms with Crippen LogP contribution in [0.1, 0.15) is 0 Å². The average molecular weight is 137 g/mol. The second-order valence-corrected chi connectivity index (χ2v) is 0.871. The van der Waals surface area contributed by atoms with Gasteiger partial charge in [-0.1, -0.05) is 0 Å². The van der Waals surface area contributed by atoms with Crippen molar-refractivity contribution in [3.05, 3.63) is 6.19 Å². The summed E-state index contributed by atoms with van der Waals surface area (Å²) in [5.41, 5.74) is 0. The van der Waals surface area contributed by atoms with Crippen molar-refractivity contribution in [3.63, 3.8) is 0 Å². The fraction of sp³-hybridized carbons (Fsp3) is 0.500. The zero-order valence-electron chi connectivity index (χ0n) is 5.33. The van der Waals surface area contributed by atoms with Gasteiger partial charge < -0.3 is 0 Å². The minimum atomic E-state index is -0.789. The molecule has 0 aromatic rings. The van der Waals surface area contributed by atoms with E-state index in [0.717, 1.165) is 0 Å². The molecule has 0 aliphatic carbocycles. The molecule has 0 aromatic heterocycles. The normalized spacial score (nSPS) is 6.89. The van der Waals surface area contributed by atoms with E-state index in [9.17, 15) is 4.70 Å². The van der Waals surface area contributed by atoms with E-state index >= 15 is 0 Å². The molecule has 0 spiro atoms. The molecule has 0 heterocycles. The fourth-order valence-corrected chi connectivity index (χ4v) is 0.117. The van der Waals surface area contributed by atoms with Crippen LogP contribution in [-0.2, 0) is 14.4 Å². The summed E-state index contributed by atoms with van der Waals surface area (Å²) in [6, 6.07) is 0. The molecule has 0 aromatic carbocycles. The maximum absolute atomic E-state index is 9.50. The molecule has 0 saturated carbocycles. The fourth-order valence-electron chi connectivity index (χ4n) is 0.117. The van der Waals surface area contributed by atoms with Crippen LogP contribution in [0.25, 0.3) is 0 Å².